The van der Waals surface area contributed by atoms with Gasteiger partial charge in [-0.25, -0.2) is 9.18 Å². The first-order chi connectivity index (χ1) is 13.0. The molecule has 0 N–H and O–H groups in total. The summed E-state index contributed by atoms with van der Waals surface area (Å²) in [6, 6.07) is 6.41. The van der Waals surface area contributed by atoms with Crippen molar-refractivity contribution in [2.24, 2.45) is 0 Å². The minimum absolute atomic E-state index is 0.153. The maximum atomic E-state index is 13.7. The fraction of sp³-hybridized carbons (Fsp3) is 0.400. The minimum atomic E-state index is -0.482. The van der Waals surface area contributed by atoms with Crippen LogP contribution in [0.3, 0.4) is 0 Å². The number of fused-ring (bicyclic) bond motifs is 1. The Hall–Kier alpha value is -2.41. The van der Waals surface area contributed by atoms with Gasteiger partial charge in [-0.05, 0) is 55.0 Å². The Morgan fingerprint density at radius 3 is 2.70 bits per heavy atom. The van der Waals surface area contributed by atoms with Gasteiger partial charge < -0.3 is 14.4 Å². The molecular weight excluding hydrogens is 369 g/mol. The van der Waals surface area contributed by atoms with E-state index in [4.69, 9.17) is 9.47 Å². The van der Waals surface area contributed by atoms with Crippen molar-refractivity contribution in [3.05, 3.63) is 51.0 Å². The van der Waals surface area contributed by atoms with Crippen molar-refractivity contribution in [3.8, 4) is 5.75 Å². The van der Waals surface area contributed by atoms with Gasteiger partial charge >= 0.3 is 5.97 Å². The highest BCUT2D eigenvalue weighted by molar-refractivity contribution is 7.14. The largest absolute Gasteiger partial charge is 0.494 e. The number of carbonyl (C=O) groups excluding carboxylic acids is 2. The fourth-order valence-electron chi connectivity index (χ4n) is 3.07. The summed E-state index contributed by atoms with van der Waals surface area (Å²) >= 11 is 1.46. The van der Waals surface area contributed by atoms with Crippen LogP contribution in [0.25, 0.3) is 0 Å². The lowest BCUT2D eigenvalue weighted by molar-refractivity contribution is -0.133. The Bertz CT molecular complexity index is 825. The molecule has 1 heterocycles. The third-order valence-corrected chi connectivity index (χ3v) is 5.80. The summed E-state index contributed by atoms with van der Waals surface area (Å²) in [6.07, 6.45) is 4.30. The van der Waals surface area contributed by atoms with E-state index >= 15 is 0 Å². The Kier molecular flexibility index (Phi) is 6.11. The molecule has 0 unspecified atom stereocenters. The molecule has 1 amide bonds. The highest BCUT2D eigenvalue weighted by Gasteiger charge is 2.20. The molecule has 0 bridgehead atoms. The molecule has 5 nitrogen and oxygen atoms in total. The molecule has 3 rings (SSSR count). The number of ether oxygens (including phenoxy) is 2. The van der Waals surface area contributed by atoms with Crippen molar-refractivity contribution >= 4 is 23.2 Å². The maximum Gasteiger partial charge on any atom is 0.348 e. The first-order valence-corrected chi connectivity index (χ1v) is 9.64. The Morgan fingerprint density at radius 1 is 1.22 bits per heavy atom. The standard InChI is InChI=1S/C20H22FNO4S/c1-22(11-13-7-8-16(25-2)15(21)9-13)19(23)12-26-20(24)18-10-14-5-3-4-6-17(14)27-18/h7-10H,3-6,11-12H2,1-2H3. The summed E-state index contributed by atoms with van der Waals surface area (Å²) in [5.41, 5.74) is 1.85. The summed E-state index contributed by atoms with van der Waals surface area (Å²) in [6.45, 7) is -0.124. The van der Waals surface area contributed by atoms with Crippen LogP contribution in [0.2, 0.25) is 0 Å². The van der Waals surface area contributed by atoms with Gasteiger partial charge in [0.15, 0.2) is 18.2 Å². The monoisotopic (exact) mass is 391 g/mol. The lowest BCUT2D eigenvalue weighted by Crippen LogP contribution is -2.30. The number of hydrogen-bond donors (Lipinski definition) is 0. The van der Waals surface area contributed by atoms with Crippen molar-refractivity contribution in [1.29, 1.82) is 0 Å². The van der Waals surface area contributed by atoms with Crippen molar-refractivity contribution in [3.63, 3.8) is 0 Å². The number of nitrogens with zero attached hydrogens (tertiary/aromatic N) is 1. The zero-order valence-corrected chi connectivity index (χ0v) is 16.2. The van der Waals surface area contributed by atoms with Crippen LogP contribution in [0.5, 0.6) is 5.75 Å². The van der Waals surface area contributed by atoms with Crippen LogP contribution >= 0.6 is 11.3 Å². The van der Waals surface area contributed by atoms with E-state index in [1.807, 2.05) is 6.07 Å². The predicted molar refractivity (Wildman–Crippen MR) is 101 cm³/mol. The number of carbonyl (C=O) groups is 2. The molecule has 0 aliphatic heterocycles. The van der Waals surface area contributed by atoms with Gasteiger partial charge in [0.2, 0.25) is 0 Å². The molecule has 27 heavy (non-hydrogen) atoms. The third kappa shape index (κ3) is 4.66. The summed E-state index contributed by atoms with van der Waals surface area (Å²) in [5, 5.41) is 0. The second-order valence-corrected chi connectivity index (χ2v) is 7.70. The number of benzene rings is 1. The molecule has 0 fully saturated rings. The molecule has 1 aromatic carbocycles. The predicted octanol–water partition coefficient (Wildman–Crippen LogP) is 3.59. The van der Waals surface area contributed by atoms with Gasteiger partial charge in [0.25, 0.3) is 5.91 Å². The van der Waals surface area contributed by atoms with E-state index in [-0.39, 0.29) is 24.8 Å². The number of rotatable bonds is 6. The highest BCUT2D eigenvalue weighted by Crippen LogP contribution is 2.30. The lowest BCUT2D eigenvalue weighted by Gasteiger charge is -2.17. The Balaban J connectivity index is 1.53. The summed E-state index contributed by atoms with van der Waals surface area (Å²) in [4.78, 5) is 27.6. The molecule has 7 heteroatoms. The van der Waals surface area contributed by atoms with Crippen LogP contribution in [0.15, 0.2) is 24.3 Å². The van der Waals surface area contributed by atoms with Crippen LogP contribution < -0.4 is 4.74 Å². The fourth-order valence-corrected chi connectivity index (χ4v) is 4.22. The number of amides is 1. The van der Waals surface area contributed by atoms with Gasteiger partial charge in [0.05, 0.1) is 7.11 Å². The van der Waals surface area contributed by atoms with Crippen molar-refractivity contribution in [2.75, 3.05) is 20.8 Å². The van der Waals surface area contributed by atoms with Gasteiger partial charge in [0, 0.05) is 18.5 Å². The van der Waals surface area contributed by atoms with Gasteiger partial charge in [-0.3, -0.25) is 4.79 Å². The lowest BCUT2D eigenvalue weighted by atomic mass is 9.99. The topological polar surface area (TPSA) is 55.8 Å². The van der Waals surface area contributed by atoms with Crippen molar-refractivity contribution < 1.29 is 23.5 Å². The molecule has 1 aliphatic carbocycles. The summed E-state index contributed by atoms with van der Waals surface area (Å²) in [5.74, 6) is -1.14. The van der Waals surface area contributed by atoms with E-state index in [9.17, 15) is 14.0 Å². The Morgan fingerprint density at radius 2 is 2.00 bits per heavy atom. The Labute approximate surface area is 161 Å². The number of thiophene rings is 1. The minimum Gasteiger partial charge on any atom is -0.494 e. The van der Waals surface area contributed by atoms with E-state index < -0.39 is 11.8 Å². The summed E-state index contributed by atoms with van der Waals surface area (Å²) in [7, 11) is 2.98. The van der Waals surface area contributed by atoms with Crippen LogP contribution in [0, 0.1) is 5.82 Å². The van der Waals surface area contributed by atoms with E-state index in [1.165, 1.54) is 45.9 Å². The van der Waals surface area contributed by atoms with E-state index in [1.54, 1.807) is 13.1 Å². The summed E-state index contributed by atoms with van der Waals surface area (Å²) < 4.78 is 23.8. The van der Waals surface area contributed by atoms with Crippen LogP contribution in [0.1, 0.15) is 38.5 Å². The smallest absolute Gasteiger partial charge is 0.348 e. The van der Waals surface area contributed by atoms with Crippen LogP contribution in [0.4, 0.5) is 4.39 Å². The molecule has 1 aromatic heterocycles. The number of halogens is 1. The average molecular weight is 391 g/mol. The van der Waals surface area contributed by atoms with Crippen molar-refractivity contribution in [1.82, 2.24) is 4.90 Å². The third-order valence-electron chi connectivity index (χ3n) is 4.59. The molecule has 0 radical (unpaired) electrons. The SMILES string of the molecule is COc1ccc(CN(C)C(=O)COC(=O)c2cc3c(s2)CCCC3)cc1F. The van der Waals surface area contributed by atoms with Gasteiger partial charge in [-0.15, -0.1) is 11.3 Å². The normalized spacial score (nSPS) is 13.0. The molecular formula is C20H22FNO4S. The zero-order valence-electron chi connectivity index (χ0n) is 15.4. The van der Waals surface area contributed by atoms with Crippen LogP contribution in [-0.4, -0.2) is 37.5 Å². The first kappa shape index (κ1) is 19.4. The average Bonchev–Trinajstić information content (AvgIpc) is 3.10. The number of esters is 1. The van der Waals surface area contributed by atoms with Gasteiger partial charge in [0.1, 0.15) is 4.88 Å². The number of methoxy groups -OCH3 is 1. The van der Waals surface area contributed by atoms with Crippen LogP contribution in [-0.2, 0) is 28.9 Å². The van der Waals surface area contributed by atoms with Crippen molar-refractivity contribution in [2.45, 2.75) is 32.2 Å². The zero-order chi connectivity index (χ0) is 19.4. The molecule has 1 aliphatic rings. The molecule has 2 aromatic rings. The highest BCUT2D eigenvalue weighted by atomic mass is 32.1. The number of aryl methyl sites for hydroxylation is 2. The molecule has 0 spiro atoms. The second kappa shape index (κ2) is 8.52. The number of likely N-dealkylation sites (N-methyl/N-ethyl adjacent to an activating group) is 1. The number of hydrogen-bond acceptors (Lipinski definition) is 5. The van der Waals surface area contributed by atoms with E-state index in [2.05, 4.69) is 0 Å². The molecule has 0 saturated heterocycles. The molecule has 144 valence electrons. The van der Waals surface area contributed by atoms with Gasteiger partial charge in [-0.1, -0.05) is 6.07 Å². The van der Waals surface area contributed by atoms with E-state index in [0.717, 1.165) is 25.7 Å². The second-order valence-electron chi connectivity index (χ2n) is 6.56. The molecule has 0 saturated carbocycles. The molecule has 0 atom stereocenters. The maximum absolute atomic E-state index is 13.7. The van der Waals surface area contributed by atoms with E-state index in [0.29, 0.717) is 10.4 Å². The quantitative estimate of drug-likeness (QED) is 0.706. The first-order valence-electron chi connectivity index (χ1n) is 8.83. The van der Waals surface area contributed by atoms with Gasteiger partial charge in [-0.2, -0.15) is 0 Å².